The summed E-state index contributed by atoms with van der Waals surface area (Å²) in [6.45, 7) is 3.01. The zero-order valence-corrected chi connectivity index (χ0v) is 8.64. The van der Waals surface area contributed by atoms with Gasteiger partial charge in [-0.3, -0.25) is 10.1 Å². The molecule has 2 atom stereocenters. The molecule has 80 valence electrons. The summed E-state index contributed by atoms with van der Waals surface area (Å²) in [5.41, 5.74) is 1.25. The molecule has 15 heavy (non-hydrogen) atoms. The highest BCUT2D eigenvalue weighted by atomic mass is 16.6. The SMILES string of the molecule is CC1CC1NCc1ccc([N+](=O)[O-])cc1. The second-order valence-electron chi connectivity index (χ2n) is 4.12. The summed E-state index contributed by atoms with van der Waals surface area (Å²) in [6.07, 6.45) is 1.24. The van der Waals surface area contributed by atoms with Crippen LogP contribution < -0.4 is 5.32 Å². The van der Waals surface area contributed by atoms with Crippen LogP contribution in [0.15, 0.2) is 24.3 Å². The van der Waals surface area contributed by atoms with Crippen LogP contribution in [-0.2, 0) is 6.54 Å². The Hall–Kier alpha value is -1.42. The van der Waals surface area contributed by atoms with E-state index in [1.807, 2.05) is 0 Å². The predicted molar refractivity (Wildman–Crippen MR) is 57.5 cm³/mol. The van der Waals surface area contributed by atoms with E-state index in [2.05, 4.69) is 12.2 Å². The molecule has 0 heterocycles. The number of benzene rings is 1. The molecule has 2 unspecified atom stereocenters. The molecule has 1 aliphatic rings. The fourth-order valence-corrected chi connectivity index (χ4v) is 1.59. The van der Waals surface area contributed by atoms with Crippen molar-refractivity contribution in [3.05, 3.63) is 39.9 Å². The fourth-order valence-electron chi connectivity index (χ4n) is 1.59. The number of non-ortho nitro benzene ring substituents is 1. The quantitative estimate of drug-likeness (QED) is 0.606. The van der Waals surface area contributed by atoms with Crippen LogP contribution in [0.2, 0.25) is 0 Å². The van der Waals surface area contributed by atoms with Crippen molar-refractivity contribution in [1.29, 1.82) is 0 Å². The summed E-state index contributed by atoms with van der Waals surface area (Å²) in [4.78, 5) is 10.0. The van der Waals surface area contributed by atoms with Crippen LogP contribution in [0.3, 0.4) is 0 Å². The molecule has 0 radical (unpaired) electrons. The minimum Gasteiger partial charge on any atom is -0.310 e. The van der Waals surface area contributed by atoms with Crippen LogP contribution in [0.5, 0.6) is 0 Å². The molecular formula is C11H14N2O2. The lowest BCUT2D eigenvalue weighted by atomic mass is 10.2. The van der Waals surface area contributed by atoms with Crippen molar-refractivity contribution >= 4 is 5.69 Å². The number of hydrogen-bond donors (Lipinski definition) is 1. The van der Waals surface area contributed by atoms with E-state index in [9.17, 15) is 10.1 Å². The van der Waals surface area contributed by atoms with Gasteiger partial charge in [-0.25, -0.2) is 0 Å². The molecule has 1 aromatic rings. The Morgan fingerprint density at radius 1 is 1.47 bits per heavy atom. The summed E-state index contributed by atoms with van der Waals surface area (Å²) in [5.74, 6) is 0.781. The number of hydrogen-bond acceptors (Lipinski definition) is 3. The van der Waals surface area contributed by atoms with Crippen LogP contribution in [0.1, 0.15) is 18.9 Å². The first-order valence-electron chi connectivity index (χ1n) is 5.13. The molecular weight excluding hydrogens is 192 g/mol. The van der Waals surface area contributed by atoms with Gasteiger partial charge >= 0.3 is 0 Å². The molecule has 0 bridgehead atoms. The molecule has 0 spiro atoms. The topological polar surface area (TPSA) is 55.2 Å². The van der Waals surface area contributed by atoms with Gasteiger partial charge in [0.25, 0.3) is 5.69 Å². The van der Waals surface area contributed by atoms with E-state index in [0.29, 0.717) is 6.04 Å². The first-order valence-corrected chi connectivity index (χ1v) is 5.13. The van der Waals surface area contributed by atoms with Gasteiger partial charge in [-0.05, 0) is 17.9 Å². The van der Waals surface area contributed by atoms with Crippen molar-refractivity contribution in [3.63, 3.8) is 0 Å². The van der Waals surface area contributed by atoms with Crippen LogP contribution in [0, 0.1) is 16.0 Å². The molecule has 1 saturated carbocycles. The van der Waals surface area contributed by atoms with Gasteiger partial charge in [-0.2, -0.15) is 0 Å². The standard InChI is InChI=1S/C11H14N2O2/c1-8-6-11(8)12-7-9-2-4-10(5-3-9)13(14)15/h2-5,8,11-12H,6-7H2,1H3. The average molecular weight is 206 g/mol. The number of nitro benzene ring substituents is 1. The number of rotatable bonds is 4. The van der Waals surface area contributed by atoms with E-state index < -0.39 is 0 Å². The van der Waals surface area contributed by atoms with Crippen molar-refractivity contribution in [1.82, 2.24) is 5.32 Å². The molecule has 1 N–H and O–H groups in total. The van der Waals surface area contributed by atoms with Crippen LogP contribution >= 0.6 is 0 Å². The highest BCUT2D eigenvalue weighted by Crippen LogP contribution is 2.29. The van der Waals surface area contributed by atoms with Gasteiger partial charge in [0.2, 0.25) is 0 Å². The first kappa shape index (κ1) is 10.1. The largest absolute Gasteiger partial charge is 0.310 e. The third-order valence-electron chi connectivity index (χ3n) is 2.83. The van der Waals surface area contributed by atoms with Gasteiger partial charge in [0.1, 0.15) is 0 Å². The van der Waals surface area contributed by atoms with Gasteiger partial charge in [-0.1, -0.05) is 19.1 Å². The molecule has 4 nitrogen and oxygen atoms in total. The van der Waals surface area contributed by atoms with E-state index >= 15 is 0 Å². The molecule has 0 amide bonds. The van der Waals surface area contributed by atoms with Crippen molar-refractivity contribution < 1.29 is 4.92 Å². The molecule has 1 aliphatic carbocycles. The lowest BCUT2D eigenvalue weighted by Crippen LogP contribution is -2.16. The van der Waals surface area contributed by atoms with Gasteiger partial charge in [0, 0.05) is 24.7 Å². The minimum atomic E-state index is -0.375. The molecule has 1 aromatic carbocycles. The summed E-state index contributed by atoms with van der Waals surface area (Å²) in [5, 5.41) is 13.8. The van der Waals surface area contributed by atoms with E-state index in [1.54, 1.807) is 24.3 Å². The number of nitrogens with zero attached hydrogens (tertiary/aromatic N) is 1. The second kappa shape index (κ2) is 3.98. The Morgan fingerprint density at radius 3 is 2.53 bits per heavy atom. The third kappa shape index (κ3) is 2.53. The van der Waals surface area contributed by atoms with Crippen LogP contribution in [0.25, 0.3) is 0 Å². The highest BCUT2D eigenvalue weighted by Gasteiger charge is 2.31. The number of nitro groups is 1. The molecule has 4 heteroatoms. The van der Waals surface area contributed by atoms with Gasteiger partial charge in [0.05, 0.1) is 4.92 Å². The van der Waals surface area contributed by atoms with E-state index in [1.165, 1.54) is 6.42 Å². The summed E-state index contributed by atoms with van der Waals surface area (Å²) in [6, 6.07) is 7.34. The highest BCUT2D eigenvalue weighted by molar-refractivity contribution is 5.32. The molecule has 2 rings (SSSR count). The molecule has 0 aliphatic heterocycles. The predicted octanol–water partition coefficient (Wildman–Crippen LogP) is 2.09. The Kier molecular flexibility index (Phi) is 2.68. The molecule has 1 fully saturated rings. The number of nitrogens with one attached hydrogen (secondary N) is 1. The summed E-state index contributed by atoms with van der Waals surface area (Å²) >= 11 is 0. The summed E-state index contributed by atoms with van der Waals surface area (Å²) in [7, 11) is 0. The van der Waals surface area contributed by atoms with Crippen molar-refractivity contribution in [3.8, 4) is 0 Å². The second-order valence-corrected chi connectivity index (χ2v) is 4.12. The van der Waals surface area contributed by atoms with E-state index in [4.69, 9.17) is 0 Å². The van der Waals surface area contributed by atoms with Crippen LogP contribution in [-0.4, -0.2) is 11.0 Å². The maximum Gasteiger partial charge on any atom is 0.269 e. The van der Waals surface area contributed by atoms with E-state index in [0.717, 1.165) is 18.0 Å². The lowest BCUT2D eigenvalue weighted by Gasteiger charge is -2.02. The van der Waals surface area contributed by atoms with Gasteiger partial charge in [-0.15, -0.1) is 0 Å². The van der Waals surface area contributed by atoms with Crippen LogP contribution in [0.4, 0.5) is 5.69 Å². The summed E-state index contributed by atoms with van der Waals surface area (Å²) < 4.78 is 0. The Morgan fingerprint density at radius 2 is 2.07 bits per heavy atom. The zero-order chi connectivity index (χ0) is 10.8. The third-order valence-corrected chi connectivity index (χ3v) is 2.83. The van der Waals surface area contributed by atoms with Gasteiger partial charge < -0.3 is 5.32 Å². The Balaban J connectivity index is 1.89. The van der Waals surface area contributed by atoms with Crippen molar-refractivity contribution in [2.45, 2.75) is 25.9 Å². The zero-order valence-electron chi connectivity index (χ0n) is 8.64. The van der Waals surface area contributed by atoms with E-state index in [-0.39, 0.29) is 10.6 Å². The molecule has 0 aromatic heterocycles. The average Bonchev–Trinajstić information content (AvgIpc) is 2.92. The molecule has 0 saturated heterocycles. The monoisotopic (exact) mass is 206 g/mol. The Bertz CT molecular complexity index is 361. The fraction of sp³-hybridized carbons (Fsp3) is 0.455. The first-order chi connectivity index (χ1) is 7.16. The van der Waals surface area contributed by atoms with Crippen molar-refractivity contribution in [2.24, 2.45) is 5.92 Å². The minimum absolute atomic E-state index is 0.151. The maximum atomic E-state index is 10.4. The van der Waals surface area contributed by atoms with Gasteiger partial charge in [0.15, 0.2) is 0 Å². The van der Waals surface area contributed by atoms with Crippen molar-refractivity contribution in [2.75, 3.05) is 0 Å². The normalized spacial score (nSPS) is 23.8. The lowest BCUT2D eigenvalue weighted by molar-refractivity contribution is -0.384. The Labute approximate surface area is 88.5 Å². The maximum absolute atomic E-state index is 10.4. The smallest absolute Gasteiger partial charge is 0.269 e.